The van der Waals surface area contributed by atoms with Gasteiger partial charge >= 0.3 is 0 Å². The highest BCUT2D eigenvalue weighted by Gasteiger charge is 2.31. The zero-order valence-corrected chi connectivity index (χ0v) is 15.0. The van der Waals surface area contributed by atoms with E-state index in [2.05, 4.69) is 21.2 Å². The molecule has 0 aromatic carbocycles. The van der Waals surface area contributed by atoms with Crippen LogP contribution in [0.15, 0.2) is 20.0 Å². The van der Waals surface area contributed by atoms with Crippen LogP contribution < -0.4 is 5.32 Å². The summed E-state index contributed by atoms with van der Waals surface area (Å²) in [5, 5.41) is 2.94. The maximum Gasteiger partial charge on any atom is 0.247 e. The Kier molecular flexibility index (Phi) is 6.25. The van der Waals surface area contributed by atoms with E-state index in [0.29, 0.717) is 18.8 Å². The number of rotatable bonds is 7. The molecule has 20 heavy (non-hydrogen) atoms. The first kappa shape index (κ1) is 17.7. The standard InChI is InChI=1S/C13H23BrN2O3S/c1-9(2)8-16(10(3)4)20(17,18)12-6-11(7-15-5)19-13(12)14/h6,9-10,15H,7-8H2,1-5H3. The van der Waals surface area contributed by atoms with Gasteiger partial charge in [0.05, 0.1) is 6.54 Å². The minimum absolute atomic E-state index is 0.100. The van der Waals surface area contributed by atoms with Crippen LogP contribution in [0.5, 0.6) is 0 Å². The molecule has 1 rings (SSSR count). The first-order valence-electron chi connectivity index (χ1n) is 6.64. The molecule has 0 amide bonds. The van der Waals surface area contributed by atoms with Gasteiger partial charge in [0, 0.05) is 18.7 Å². The third kappa shape index (κ3) is 4.07. The Bertz CT molecular complexity index is 538. The Morgan fingerprint density at radius 1 is 1.35 bits per heavy atom. The largest absolute Gasteiger partial charge is 0.452 e. The Labute approximate surface area is 129 Å². The Morgan fingerprint density at radius 2 is 1.95 bits per heavy atom. The molecule has 0 aliphatic carbocycles. The topological polar surface area (TPSA) is 62.6 Å². The summed E-state index contributed by atoms with van der Waals surface area (Å²) >= 11 is 3.21. The summed E-state index contributed by atoms with van der Waals surface area (Å²) in [4.78, 5) is 0.192. The van der Waals surface area contributed by atoms with Crippen molar-refractivity contribution in [3.8, 4) is 0 Å². The Hall–Kier alpha value is -0.370. The summed E-state index contributed by atoms with van der Waals surface area (Å²) in [6.45, 7) is 8.73. The van der Waals surface area contributed by atoms with E-state index in [1.54, 1.807) is 13.1 Å². The van der Waals surface area contributed by atoms with E-state index in [1.807, 2.05) is 27.7 Å². The van der Waals surface area contributed by atoms with Gasteiger partial charge in [0.25, 0.3) is 0 Å². The monoisotopic (exact) mass is 366 g/mol. The zero-order valence-electron chi connectivity index (χ0n) is 12.6. The first-order chi connectivity index (χ1) is 9.20. The van der Waals surface area contributed by atoms with E-state index in [4.69, 9.17) is 4.42 Å². The molecule has 1 aromatic heterocycles. The molecular formula is C13H23BrN2O3S. The van der Waals surface area contributed by atoms with Crippen molar-refractivity contribution in [1.82, 2.24) is 9.62 Å². The van der Waals surface area contributed by atoms with Gasteiger partial charge in [-0.3, -0.25) is 0 Å². The van der Waals surface area contributed by atoms with E-state index >= 15 is 0 Å². The molecule has 1 N–H and O–H groups in total. The molecule has 0 atom stereocenters. The van der Waals surface area contributed by atoms with E-state index in [0.717, 1.165) is 0 Å². The molecule has 0 bridgehead atoms. The van der Waals surface area contributed by atoms with Crippen molar-refractivity contribution in [2.75, 3.05) is 13.6 Å². The maximum atomic E-state index is 12.8. The van der Waals surface area contributed by atoms with Crippen LogP contribution >= 0.6 is 15.9 Å². The van der Waals surface area contributed by atoms with Gasteiger partial charge in [-0.05, 0) is 42.7 Å². The highest BCUT2D eigenvalue weighted by Crippen LogP contribution is 2.30. The summed E-state index contributed by atoms with van der Waals surface area (Å²) in [7, 11) is -1.78. The van der Waals surface area contributed by atoms with Crippen LogP contribution in [0.3, 0.4) is 0 Å². The smallest absolute Gasteiger partial charge is 0.247 e. The number of sulfonamides is 1. The molecule has 0 unspecified atom stereocenters. The van der Waals surface area contributed by atoms with Gasteiger partial charge in [-0.2, -0.15) is 4.31 Å². The number of furan rings is 1. The van der Waals surface area contributed by atoms with Crippen LogP contribution in [0.1, 0.15) is 33.5 Å². The molecule has 0 spiro atoms. The van der Waals surface area contributed by atoms with Crippen LogP contribution in [0, 0.1) is 5.92 Å². The molecule has 1 aromatic rings. The van der Waals surface area contributed by atoms with Crippen molar-refractivity contribution in [3.05, 3.63) is 16.5 Å². The average molecular weight is 367 g/mol. The molecule has 0 aliphatic heterocycles. The quantitative estimate of drug-likeness (QED) is 0.805. The normalized spacial score (nSPS) is 12.8. The summed E-state index contributed by atoms with van der Waals surface area (Å²) < 4.78 is 32.7. The predicted octanol–water partition coefficient (Wildman–Crippen LogP) is 2.82. The number of hydrogen-bond acceptors (Lipinski definition) is 4. The number of nitrogens with one attached hydrogen (secondary N) is 1. The molecule has 0 fully saturated rings. The zero-order chi connectivity index (χ0) is 15.5. The van der Waals surface area contributed by atoms with Gasteiger partial charge in [0.1, 0.15) is 10.7 Å². The summed E-state index contributed by atoms with van der Waals surface area (Å²) in [5.41, 5.74) is 0. The fourth-order valence-electron chi connectivity index (χ4n) is 1.91. The third-order valence-corrected chi connectivity index (χ3v) is 5.66. The molecule has 0 radical (unpaired) electrons. The fraction of sp³-hybridized carbons (Fsp3) is 0.692. The van der Waals surface area contributed by atoms with E-state index in [-0.39, 0.29) is 21.5 Å². The van der Waals surface area contributed by atoms with Gasteiger partial charge in [-0.25, -0.2) is 8.42 Å². The van der Waals surface area contributed by atoms with Crippen LogP contribution in [-0.4, -0.2) is 32.4 Å². The summed E-state index contributed by atoms with van der Waals surface area (Å²) in [6, 6.07) is 1.47. The number of halogens is 1. The molecule has 7 heteroatoms. The van der Waals surface area contributed by atoms with Crippen LogP contribution in [0.4, 0.5) is 0 Å². The first-order valence-corrected chi connectivity index (χ1v) is 8.88. The minimum Gasteiger partial charge on any atom is -0.452 e. The van der Waals surface area contributed by atoms with Gasteiger partial charge in [0.15, 0.2) is 4.67 Å². The van der Waals surface area contributed by atoms with Gasteiger partial charge in [0.2, 0.25) is 10.0 Å². The third-order valence-electron chi connectivity index (χ3n) is 2.77. The molecule has 0 saturated carbocycles. The van der Waals surface area contributed by atoms with Crippen molar-refractivity contribution in [3.63, 3.8) is 0 Å². The highest BCUT2D eigenvalue weighted by molar-refractivity contribution is 9.10. The molecule has 5 nitrogen and oxygen atoms in total. The van der Waals surface area contributed by atoms with E-state index in [1.165, 1.54) is 4.31 Å². The van der Waals surface area contributed by atoms with Crippen LogP contribution in [0.25, 0.3) is 0 Å². The fourth-order valence-corrected chi connectivity index (χ4v) is 4.67. The Balaban J connectivity index is 3.19. The predicted molar refractivity (Wildman–Crippen MR) is 83.0 cm³/mol. The van der Waals surface area contributed by atoms with E-state index in [9.17, 15) is 8.42 Å². The van der Waals surface area contributed by atoms with E-state index < -0.39 is 10.0 Å². The molecule has 116 valence electrons. The summed E-state index contributed by atoms with van der Waals surface area (Å²) in [6.07, 6.45) is 0. The SMILES string of the molecule is CNCc1cc(S(=O)(=O)N(CC(C)C)C(C)C)c(Br)o1. The lowest BCUT2D eigenvalue weighted by molar-refractivity contribution is 0.318. The molecular weight excluding hydrogens is 344 g/mol. The van der Waals surface area contributed by atoms with Gasteiger partial charge in [-0.1, -0.05) is 13.8 Å². The molecule has 0 saturated heterocycles. The van der Waals surface area contributed by atoms with Crippen molar-refractivity contribution in [2.24, 2.45) is 5.92 Å². The number of nitrogens with zero attached hydrogens (tertiary/aromatic N) is 1. The maximum absolute atomic E-state index is 12.8. The minimum atomic E-state index is -3.56. The van der Waals surface area contributed by atoms with Crippen LogP contribution in [0.2, 0.25) is 0 Å². The van der Waals surface area contributed by atoms with Crippen molar-refractivity contribution >= 4 is 26.0 Å². The lowest BCUT2D eigenvalue weighted by atomic mass is 10.2. The Morgan fingerprint density at radius 3 is 2.40 bits per heavy atom. The number of hydrogen-bond donors (Lipinski definition) is 1. The van der Waals surface area contributed by atoms with Crippen molar-refractivity contribution < 1.29 is 12.8 Å². The van der Waals surface area contributed by atoms with Crippen molar-refractivity contribution in [2.45, 2.75) is 45.2 Å². The second-order valence-electron chi connectivity index (χ2n) is 5.44. The second kappa shape index (κ2) is 7.06. The lowest BCUT2D eigenvalue weighted by Crippen LogP contribution is -2.39. The van der Waals surface area contributed by atoms with Crippen molar-refractivity contribution in [1.29, 1.82) is 0 Å². The van der Waals surface area contributed by atoms with Gasteiger partial charge < -0.3 is 9.73 Å². The van der Waals surface area contributed by atoms with Gasteiger partial charge in [-0.15, -0.1) is 0 Å². The average Bonchev–Trinajstić information content (AvgIpc) is 2.67. The van der Waals surface area contributed by atoms with Crippen LogP contribution in [-0.2, 0) is 16.6 Å². The summed E-state index contributed by atoms with van der Waals surface area (Å²) in [5.74, 6) is 0.848. The molecule has 1 heterocycles. The molecule has 0 aliphatic rings. The highest BCUT2D eigenvalue weighted by atomic mass is 79.9. The second-order valence-corrected chi connectivity index (χ2v) is 8.02. The lowest BCUT2D eigenvalue weighted by Gasteiger charge is -2.27.